The van der Waals surface area contributed by atoms with Crippen molar-refractivity contribution in [1.82, 2.24) is 5.32 Å². The molecule has 1 aromatic rings. The molecule has 0 spiro atoms. The highest BCUT2D eigenvalue weighted by Gasteiger charge is 2.33. The van der Waals surface area contributed by atoms with Gasteiger partial charge in [0.2, 0.25) is 0 Å². The fourth-order valence-corrected chi connectivity index (χ4v) is 2.38. The number of hydrogen-bond acceptors (Lipinski definition) is 1. The fraction of sp³-hybridized carbons (Fsp3) is 0.538. The van der Waals surface area contributed by atoms with E-state index in [0.29, 0.717) is 12.8 Å². The number of alkyl halides is 1. The second-order valence-electron chi connectivity index (χ2n) is 4.38. The van der Waals surface area contributed by atoms with E-state index >= 15 is 0 Å². The zero-order chi connectivity index (χ0) is 10.7. The van der Waals surface area contributed by atoms with Crippen molar-refractivity contribution in [3.05, 3.63) is 35.4 Å². The Morgan fingerprint density at radius 2 is 2.00 bits per heavy atom. The van der Waals surface area contributed by atoms with Crippen molar-refractivity contribution in [2.45, 2.75) is 31.9 Å². The van der Waals surface area contributed by atoms with Gasteiger partial charge in [0.25, 0.3) is 0 Å². The first kappa shape index (κ1) is 10.6. The molecule has 1 saturated heterocycles. The summed E-state index contributed by atoms with van der Waals surface area (Å²) in [5.74, 6) is 0. The second kappa shape index (κ2) is 4.31. The van der Waals surface area contributed by atoms with E-state index in [4.69, 9.17) is 0 Å². The van der Waals surface area contributed by atoms with Gasteiger partial charge >= 0.3 is 0 Å². The number of aryl methyl sites for hydroxylation is 1. The van der Waals surface area contributed by atoms with Gasteiger partial charge in [0.15, 0.2) is 0 Å². The normalized spacial score (nSPS) is 27.3. The standard InChI is InChI=1S/C13H18FN/c1-11-5-2-3-6-12(11)13(14)7-4-9-15-10-8-13/h2-3,5-6,15H,4,7-10H2,1H3. The third kappa shape index (κ3) is 2.20. The lowest BCUT2D eigenvalue weighted by atomic mass is 9.86. The van der Waals surface area contributed by atoms with Crippen LogP contribution in [0.5, 0.6) is 0 Å². The monoisotopic (exact) mass is 207 g/mol. The van der Waals surface area contributed by atoms with Crippen molar-refractivity contribution < 1.29 is 4.39 Å². The summed E-state index contributed by atoms with van der Waals surface area (Å²) >= 11 is 0. The van der Waals surface area contributed by atoms with Crippen molar-refractivity contribution in [2.75, 3.05) is 13.1 Å². The maximum atomic E-state index is 14.8. The van der Waals surface area contributed by atoms with Crippen LogP contribution >= 0.6 is 0 Å². The summed E-state index contributed by atoms with van der Waals surface area (Å²) in [6.45, 7) is 3.72. The molecule has 1 N–H and O–H groups in total. The van der Waals surface area contributed by atoms with Crippen LogP contribution in [0.15, 0.2) is 24.3 Å². The molecule has 82 valence electrons. The molecule has 1 aliphatic rings. The highest BCUT2D eigenvalue weighted by atomic mass is 19.1. The minimum atomic E-state index is -1.12. The Labute approximate surface area is 90.7 Å². The van der Waals surface area contributed by atoms with E-state index in [-0.39, 0.29) is 0 Å². The Kier molecular flexibility index (Phi) is 3.06. The average molecular weight is 207 g/mol. The number of benzene rings is 1. The van der Waals surface area contributed by atoms with E-state index in [2.05, 4.69) is 5.32 Å². The van der Waals surface area contributed by atoms with Crippen LogP contribution in [0.2, 0.25) is 0 Å². The van der Waals surface area contributed by atoms with Gasteiger partial charge in [-0.15, -0.1) is 0 Å². The van der Waals surface area contributed by atoms with Gasteiger partial charge in [0.05, 0.1) is 0 Å². The summed E-state index contributed by atoms with van der Waals surface area (Å²) in [6.07, 6.45) is 2.16. The first-order valence-electron chi connectivity index (χ1n) is 5.68. The third-order valence-electron chi connectivity index (χ3n) is 3.25. The van der Waals surface area contributed by atoms with E-state index in [1.165, 1.54) is 0 Å². The zero-order valence-electron chi connectivity index (χ0n) is 9.22. The predicted octanol–water partition coefficient (Wildman–Crippen LogP) is 2.93. The lowest BCUT2D eigenvalue weighted by Gasteiger charge is -2.25. The molecule has 1 heterocycles. The van der Waals surface area contributed by atoms with Gasteiger partial charge in [-0.05, 0) is 50.4 Å². The maximum absolute atomic E-state index is 14.8. The first-order valence-corrected chi connectivity index (χ1v) is 5.68. The Bertz CT molecular complexity index is 327. The van der Waals surface area contributed by atoms with Crippen molar-refractivity contribution in [1.29, 1.82) is 0 Å². The van der Waals surface area contributed by atoms with Crippen LogP contribution in [0.25, 0.3) is 0 Å². The summed E-state index contributed by atoms with van der Waals surface area (Å²) in [7, 11) is 0. The van der Waals surface area contributed by atoms with Gasteiger partial charge in [-0.25, -0.2) is 4.39 Å². The van der Waals surface area contributed by atoms with Gasteiger partial charge in [-0.2, -0.15) is 0 Å². The molecule has 0 bridgehead atoms. The molecule has 0 aromatic heterocycles. The number of hydrogen-bond donors (Lipinski definition) is 1. The van der Waals surface area contributed by atoms with Crippen LogP contribution in [0.4, 0.5) is 4.39 Å². The van der Waals surface area contributed by atoms with E-state index in [1.54, 1.807) is 0 Å². The molecule has 0 aliphatic carbocycles. The summed E-state index contributed by atoms with van der Waals surface area (Å²) in [5, 5.41) is 3.25. The van der Waals surface area contributed by atoms with Crippen LogP contribution in [-0.2, 0) is 5.67 Å². The molecule has 2 rings (SSSR count). The minimum Gasteiger partial charge on any atom is -0.317 e. The van der Waals surface area contributed by atoms with E-state index < -0.39 is 5.67 Å². The molecule has 1 nitrogen and oxygen atoms in total. The molecule has 0 saturated carbocycles. The first-order chi connectivity index (χ1) is 7.22. The van der Waals surface area contributed by atoms with Crippen molar-refractivity contribution >= 4 is 0 Å². The lowest BCUT2D eigenvalue weighted by Crippen LogP contribution is -2.23. The van der Waals surface area contributed by atoms with Gasteiger partial charge in [0, 0.05) is 0 Å². The highest BCUT2D eigenvalue weighted by molar-refractivity contribution is 5.31. The van der Waals surface area contributed by atoms with Crippen LogP contribution in [0.3, 0.4) is 0 Å². The van der Waals surface area contributed by atoms with Crippen LogP contribution in [0.1, 0.15) is 30.4 Å². The Hall–Kier alpha value is -0.890. The Balaban J connectivity index is 2.30. The van der Waals surface area contributed by atoms with Crippen molar-refractivity contribution in [3.63, 3.8) is 0 Å². The Morgan fingerprint density at radius 1 is 1.20 bits per heavy atom. The van der Waals surface area contributed by atoms with Crippen LogP contribution in [-0.4, -0.2) is 13.1 Å². The van der Waals surface area contributed by atoms with Gasteiger partial charge in [0.1, 0.15) is 5.67 Å². The summed E-state index contributed by atoms with van der Waals surface area (Å²) < 4.78 is 14.8. The van der Waals surface area contributed by atoms with Crippen LogP contribution in [0, 0.1) is 6.92 Å². The topological polar surface area (TPSA) is 12.0 Å². The molecule has 0 radical (unpaired) electrons. The molecule has 1 atom stereocenters. The predicted molar refractivity (Wildman–Crippen MR) is 60.7 cm³/mol. The molecular formula is C13H18FN. The minimum absolute atomic E-state index is 0.595. The zero-order valence-corrected chi connectivity index (χ0v) is 9.22. The largest absolute Gasteiger partial charge is 0.317 e. The smallest absolute Gasteiger partial charge is 0.137 e. The second-order valence-corrected chi connectivity index (χ2v) is 4.38. The molecular weight excluding hydrogens is 189 g/mol. The molecule has 15 heavy (non-hydrogen) atoms. The third-order valence-corrected chi connectivity index (χ3v) is 3.25. The summed E-state index contributed by atoms with van der Waals surface area (Å²) in [4.78, 5) is 0. The highest BCUT2D eigenvalue weighted by Crippen LogP contribution is 2.37. The molecule has 1 fully saturated rings. The fourth-order valence-electron chi connectivity index (χ4n) is 2.38. The molecule has 2 heteroatoms. The van der Waals surface area contributed by atoms with Gasteiger partial charge < -0.3 is 5.32 Å². The Morgan fingerprint density at radius 3 is 2.80 bits per heavy atom. The van der Waals surface area contributed by atoms with E-state index in [1.807, 2.05) is 31.2 Å². The molecule has 1 aliphatic heterocycles. The van der Waals surface area contributed by atoms with E-state index in [9.17, 15) is 4.39 Å². The van der Waals surface area contributed by atoms with Crippen molar-refractivity contribution in [2.24, 2.45) is 0 Å². The number of rotatable bonds is 1. The summed E-state index contributed by atoms with van der Waals surface area (Å²) in [5.41, 5.74) is 0.838. The van der Waals surface area contributed by atoms with Crippen molar-refractivity contribution in [3.8, 4) is 0 Å². The maximum Gasteiger partial charge on any atom is 0.137 e. The quantitative estimate of drug-likeness (QED) is 0.746. The molecule has 0 amide bonds. The molecule has 1 aromatic carbocycles. The van der Waals surface area contributed by atoms with E-state index in [0.717, 1.165) is 30.6 Å². The number of halogens is 1. The molecule has 1 unspecified atom stereocenters. The summed E-state index contributed by atoms with van der Waals surface area (Å²) in [6, 6.07) is 7.83. The average Bonchev–Trinajstić information content (AvgIpc) is 2.44. The lowest BCUT2D eigenvalue weighted by molar-refractivity contribution is 0.144. The number of nitrogens with one attached hydrogen (secondary N) is 1. The van der Waals surface area contributed by atoms with Gasteiger partial charge in [-0.1, -0.05) is 24.3 Å². The SMILES string of the molecule is Cc1ccccc1C1(F)CCCNCC1. The van der Waals surface area contributed by atoms with Gasteiger partial charge in [-0.3, -0.25) is 0 Å². The van der Waals surface area contributed by atoms with Crippen LogP contribution < -0.4 is 5.32 Å².